The molecule has 0 unspecified atom stereocenters. The van der Waals surface area contributed by atoms with Gasteiger partial charge in [0.05, 0.1) is 22.9 Å². The average Bonchev–Trinajstić information content (AvgIpc) is 3.57. The van der Waals surface area contributed by atoms with Crippen molar-refractivity contribution < 1.29 is 28.0 Å². The largest absolute Gasteiger partial charge is 0.507 e. The fourth-order valence-corrected chi connectivity index (χ4v) is 4.42. The number of phenols is 1. The highest BCUT2D eigenvalue weighted by molar-refractivity contribution is 7.12. The molecule has 14 heteroatoms. The molecule has 0 atom stereocenters. The third-order valence-electron chi connectivity index (χ3n) is 5.55. The zero-order valence-electron chi connectivity index (χ0n) is 19.5. The molecule has 0 aliphatic heterocycles. The van der Waals surface area contributed by atoms with E-state index in [4.69, 9.17) is 0 Å². The summed E-state index contributed by atoms with van der Waals surface area (Å²) in [4.78, 5) is 26.5. The molecular weight excluding hydrogens is 537 g/mol. The molecule has 0 aliphatic rings. The minimum atomic E-state index is -4.74. The second-order valence-electron chi connectivity index (χ2n) is 8.10. The topological polar surface area (TPSA) is 136 Å². The summed E-state index contributed by atoms with van der Waals surface area (Å²) >= 11 is 0.782. The van der Waals surface area contributed by atoms with Crippen molar-refractivity contribution in [1.29, 1.82) is 0 Å². The Morgan fingerprint density at radius 2 is 1.87 bits per heavy atom. The van der Waals surface area contributed by atoms with Crippen LogP contribution in [0.25, 0.3) is 27.2 Å². The number of hydrogen-bond donors (Lipinski definition) is 2. The van der Waals surface area contributed by atoms with Crippen LogP contribution in [0.4, 0.5) is 18.9 Å². The van der Waals surface area contributed by atoms with Gasteiger partial charge in [0.25, 0.3) is 11.6 Å². The van der Waals surface area contributed by atoms with E-state index < -0.39 is 28.5 Å². The zero-order valence-corrected chi connectivity index (χ0v) is 20.3. The summed E-state index contributed by atoms with van der Waals surface area (Å²) in [6.45, 7) is 0. The van der Waals surface area contributed by atoms with Gasteiger partial charge in [0.2, 0.25) is 5.13 Å². The number of aromatic hydroxyl groups is 1. The van der Waals surface area contributed by atoms with Gasteiger partial charge in [-0.2, -0.15) is 23.4 Å². The van der Waals surface area contributed by atoms with E-state index in [9.17, 15) is 33.2 Å². The first-order chi connectivity index (χ1) is 18.6. The fraction of sp³-hybridized carbons (Fsp3) is 0.0400. The van der Waals surface area contributed by atoms with Crippen LogP contribution in [-0.2, 0) is 6.18 Å². The number of fused-ring (bicyclic) bond motifs is 1. The SMILES string of the molecule is O=C(N/N=C\c1ccc([N+](=O)[O-])cc1O)c1csc(-n2nc(-c3ccc4ccccc4c3)cc2C(F)(F)F)n1. The smallest absolute Gasteiger partial charge is 0.433 e. The third-order valence-corrected chi connectivity index (χ3v) is 6.36. The normalized spacial score (nSPS) is 11.8. The number of alkyl halides is 3. The molecule has 0 spiro atoms. The first kappa shape index (κ1) is 25.5. The van der Waals surface area contributed by atoms with Crippen LogP contribution < -0.4 is 5.43 Å². The Kier molecular flexibility index (Phi) is 6.54. The predicted molar refractivity (Wildman–Crippen MR) is 137 cm³/mol. The molecule has 0 radical (unpaired) electrons. The number of benzene rings is 3. The van der Waals surface area contributed by atoms with Crippen molar-refractivity contribution in [3.8, 4) is 22.1 Å². The monoisotopic (exact) mass is 552 g/mol. The highest BCUT2D eigenvalue weighted by Gasteiger charge is 2.37. The number of hydrazone groups is 1. The van der Waals surface area contributed by atoms with Gasteiger partial charge in [-0.15, -0.1) is 11.3 Å². The number of phenolic OH excluding ortho intramolecular Hbond substituents is 1. The molecule has 2 N–H and O–H groups in total. The van der Waals surface area contributed by atoms with Crippen molar-refractivity contribution in [1.82, 2.24) is 20.2 Å². The van der Waals surface area contributed by atoms with Crippen molar-refractivity contribution in [2.24, 2.45) is 5.10 Å². The highest BCUT2D eigenvalue weighted by atomic mass is 32.1. The number of nitro groups is 1. The Hall–Kier alpha value is -5.11. The van der Waals surface area contributed by atoms with Crippen LogP contribution >= 0.6 is 11.3 Å². The minimum absolute atomic E-state index is 0.0850. The molecule has 10 nitrogen and oxygen atoms in total. The quantitative estimate of drug-likeness (QED) is 0.161. The van der Waals surface area contributed by atoms with Gasteiger partial charge in [-0.3, -0.25) is 14.9 Å². The van der Waals surface area contributed by atoms with E-state index >= 15 is 0 Å². The maximum absolute atomic E-state index is 13.9. The maximum Gasteiger partial charge on any atom is 0.433 e. The van der Waals surface area contributed by atoms with Gasteiger partial charge in [0.1, 0.15) is 11.4 Å². The molecule has 2 aromatic heterocycles. The number of aromatic nitrogens is 3. The van der Waals surface area contributed by atoms with Crippen molar-refractivity contribution >= 4 is 39.9 Å². The number of carbonyl (C=O) groups excluding carboxylic acids is 1. The average molecular weight is 552 g/mol. The Morgan fingerprint density at radius 1 is 1.10 bits per heavy atom. The minimum Gasteiger partial charge on any atom is -0.507 e. The number of halogens is 3. The van der Waals surface area contributed by atoms with Crippen LogP contribution in [0.15, 0.2) is 77.2 Å². The van der Waals surface area contributed by atoms with Crippen LogP contribution in [0.5, 0.6) is 5.75 Å². The van der Waals surface area contributed by atoms with Crippen molar-refractivity contribution in [2.45, 2.75) is 6.18 Å². The molecule has 1 amide bonds. The molecule has 196 valence electrons. The molecule has 5 aromatic rings. The van der Waals surface area contributed by atoms with Crippen LogP contribution in [-0.4, -0.2) is 36.9 Å². The lowest BCUT2D eigenvalue weighted by Gasteiger charge is -2.06. The first-order valence-electron chi connectivity index (χ1n) is 11.0. The van der Waals surface area contributed by atoms with E-state index in [0.717, 1.165) is 46.5 Å². The molecule has 0 aliphatic carbocycles. The van der Waals surface area contributed by atoms with Crippen LogP contribution in [0.2, 0.25) is 0 Å². The Labute approximate surface area is 220 Å². The van der Waals surface area contributed by atoms with Gasteiger partial charge in [-0.1, -0.05) is 36.4 Å². The molecule has 0 bridgehead atoms. The summed E-state index contributed by atoms with van der Waals surface area (Å²) in [5.41, 5.74) is 1.21. The van der Waals surface area contributed by atoms with Crippen molar-refractivity contribution in [3.63, 3.8) is 0 Å². The standard InChI is InChI=1S/C25H15F3N6O4S/c26-25(27,28)22-11-19(16-6-5-14-3-1-2-4-15(14)9-16)32-33(22)24-30-20(13-39-24)23(36)31-29-12-17-7-8-18(34(37)38)10-21(17)35/h1-13,35H,(H,31,36)/b29-12-. The van der Waals surface area contributed by atoms with E-state index in [0.29, 0.717) is 10.2 Å². The van der Waals surface area contributed by atoms with Gasteiger partial charge < -0.3 is 5.11 Å². The van der Waals surface area contributed by atoms with Crippen molar-refractivity contribution in [2.75, 3.05) is 0 Å². The number of amides is 1. The lowest BCUT2D eigenvalue weighted by atomic mass is 10.1. The van der Waals surface area contributed by atoms with Gasteiger partial charge in [0, 0.05) is 22.6 Å². The van der Waals surface area contributed by atoms with Crippen LogP contribution in [0.1, 0.15) is 21.7 Å². The first-order valence-corrected chi connectivity index (χ1v) is 11.9. The summed E-state index contributed by atoms with van der Waals surface area (Å²) in [5, 5.41) is 31.3. The lowest BCUT2D eigenvalue weighted by molar-refractivity contribution is -0.384. The predicted octanol–water partition coefficient (Wildman–Crippen LogP) is 5.55. The summed E-state index contributed by atoms with van der Waals surface area (Å²) in [6, 6.07) is 16.8. The van der Waals surface area contributed by atoms with E-state index in [-0.39, 0.29) is 27.8 Å². The Bertz CT molecular complexity index is 1760. The van der Waals surface area contributed by atoms with E-state index in [2.05, 4.69) is 20.6 Å². The summed E-state index contributed by atoms with van der Waals surface area (Å²) in [6.07, 6.45) is -3.69. The molecule has 39 heavy (non-hydrogen) atoms. The number of nitrogens with one attached hydrogen (secondary N) is 1. The van der Waals surface area contributed by atoms with E-state index in [1.54, 1.807) is 18.2 Å². The number of nitrogens with zero attached hydrogens (tertiary/aromatic N) is 5. The molecule has 0 fully saturated rings. The molecule has 2 heterocycles. The zero-order chi connectivity index (χ0) is 27.7. The Balaban J connectivity index is 1.39. The highest BCUT2D eigenvalue weighted by Crippen LogP contribution is 2.35. The second-order valence-corrected chi connectivity index (χ2v) is 8.94. The number of thiazole rings is 1. The van der Waals surface area contributed by atoms with Gasteiger partial charge >= 0.3 is 6.18 Å². The lowest BCUT2D eigenvalue weighted by Crippen LogP contribution is -2.18. The molecule has 3 aromatic carbocycles. The second kappa shape index (κ2) is 9.98. The molecule has 0 saturated heterocycles. The number of rotatable bonds is 6. The molecular formula is C25H15F3N6O4S. The molecule has 5 rings (SSSR count). The van der Waals surface area contributed by atoms with Gasteiger partial charge in [0.15, 0.2) is 5.69 Å². The van der Waals surface area contributed by atoms with E-state index in [1.165, 1.54) is 11.4 Å². The molecule has 0 saturated carbocycles. The fourth-order valence-electron chi connectivity index (χ4n) is 3.66. The van der Waals surface area contributed by atoms with Crippen LogP contribution in [0.3, 0.4) is 0 Å². The number of hydrogen-bond acceptors (Lipinski definition) is 8. The Morgan fingerprint density at radius 3 is 2.59 bits per heavy atom. The van der Waals surface area contributed by atoms with Gasteiger partial charge in [-0.05, 0) is 29.0 Å². The number of non-ortho nitro benzene ring substituents is 1. The van der Waals surface area contributed by atoms with E-state index in [1.807, 2.05) is 24.3 Å². The maximum atomic E-state index is 13.9. The summed E-state index contributed by atoms with van der Waals surface area (Å²) in [5.74, 6) is -1.26. The third kappa shape index (κ3) is 5.31. The number of nitro benzene ring substituents is 1. The number of carbonyl (C=O) groups is 1. The summed E-state index contributed by atoms with van der Waals surface area (Å²) < 4.78 is 42.3. The summed E-state index contributed by atoms with van der Waals surface area (Å²) in [7, 11) is 0. The van der Waals surface area contributed by atoms with Gasteiger partial charge in [-0.25, -0.2) is 15.1 Å². The van der Waals surface area contributed by atoms with Crippen molar-refractivity contribution in [3.05, 3.63) is 99.2 Å². The van der Waals surface area contributed by atoms with Crippen LogP contribution in [0, 0.1) is 10.1 Å².